The molecule has 1 fully saturated rings. The van der Waals surface area contributed by atoms with E-state index in [0.717, 1.165) is 0 Å². The van der Waals surface area contributed by atoms with Crippen molar-refractivity contribution in [2.24, 2.45) is 0 Å². The molecular weight excluding hydrogens is 250 g/mol. The Labute approximate surface area is 101 Å². The monoisotopic (exact) mass is 261 g/mol. The molecule has 0 heterocycles. The molecule has 2 rings (SSSR count). The van der Waals surface area contributed by atoms with E-state index in [1.807, 2.05) is 0 Å². The summed E-state index contributed by atoms with van der Waals surface area (Å²) in [5.41, 5.74) is 0.203. The van der Waals surface area contributed by atoms with Gasteiger partial charge in [-0.1, -0.05) is 18.2 Å². The molecule has 0 aromatic heterocycles. The molecule has 2 nitrogen and oxygen atoms in total. The Kier molecular flexibility index (Phi) is 2.83. The van der Waals surface area contributed by atoms with Crippen LogP contribution in [0.5, 0.6) is 0 Å². The van der Waals surface area contributed by atoms with Crippen molar-refractivity contribution in [1.82, 2.24) is 0 Å². The molecule has 1 atom stereocenters. The summed E-state index contributed by atoms with van der Waals surface area (Å²) in [5, 5.41) is 2.37. The van der Waals surface area contributed by atoms with E-state index < -0.39 is 30.1 Å². The molecule has 0 saturated heterocycles. The number of para-hydroxylation sites is 1. The van der Waals surface area contributed by atoms with Crippen molar-refractivity contribution in [2.75, 3.05) is 5.32 Å². The van der Waals surface area contributed by atoms with Gasteiger partial charge in [0, 0.05) is 19.0 Å². The molecule has 1 unspecified atom stereocenters. The highest BCUT2D eigenvalue weighted by atomic mass is 19.3. The molecule has 1 aromatic rings. The third-order valence-electron chi connectivity index (χ3n) is 3.03. The lowest BCUT2D eigenvalue weighted by atomic mass is 9.72. The molecule has 0 aliphatic heterocycles. The number of alkyl halides is 4. The molecule has 6 heteroatoms. The van der Waals surface area contributed by atoms with Crippen LogP contribution in [0.4, 0.5) is 23.2 Å². The maximum atomic E-state index is 13.3. The van der Waals surface area contributed by atoms with Gasteiger partial charge < -0.3 is 5.32 Å². The Balaban J connectivity index is 2.33. The zero-order chi connectivity index (χ0) is 13.6. The standard InChI is InChI=1S/C12H11F4NO/c1-7(18)17-10-5-3-2-4-8(10)9-6-11(13,14)12(9,15)16/h2-5,9H,6H2,1H3,(H,17,18). The second kappa shape index (κ2) is 3.96. The molecule has 1 aromatic carbocycles. The molecule has 0 spiro atoms. The molecular formula is C12H11F4NO. The first-order chi connectivity index (χ1) is 8.25. The van der Waals surface area contributed by atoms with E-state index in [1.165, 1.54) is 25.1 Å². The van der Waals surface area contributed by atoms with Crippen molar-refractivity contribution in [3.63, 3.8) is 0 Å². The predicted octanol–water partition coefficient (Wildman–Crippen LogP) is 3.40. The summed E-state index contributed by atoms with van der Waals surface area (Å²) in [4.78, 5) is 10.9. The number of hydrogen-bond acceptors (Lipinski definition) is 1. The van der Waals surface area contributed by atoms with Gasteiger partial charge in [-0.25, -0.2) is 0 Å². The molecule has 1 aliphatic rings. The number of anilines is 1. The van der Waals surface area contributed by atoms with Gasteiger partial charge in [0.1, 0.15) is 0 Å². The van der Waals surface area contributed by atoms with Crippen molar-refractivity contribution in [3.8, 4) is 0 Å². The number of carbonyl (C=O) groups excluding carboxylic acids is 1. The number of carbonyl (C=O) groups is 1. The highest BCUT2D eigenvalue weighted by Gasteiger charge is 2.72. The van der Waals surface area contributed by atoms with Crippen LogP contribution >= 0.6 is 0 Å². The van der Waals surface area contributed by atoms with E-state index in [0.29, 0.717) is 0 Å². The number of amides is 1. The van der Waals surface area contributed by atoms with Crippen molar-refractivity contribution < 1.29 is 22.4 Å². The normalized spacial score (nSPS) is 24.2. The van der Waals surface area contributed by atoms with Crippen LogP contribution in [0.2, 0.25) is 0 Å². The van der Waals surface area contributed by atoms with E-state index in [1.54, 1.807) is 6.07 Å². The Hall–Kier alpha value is -1.59. The fourth-order valence-corrected chi connectivity index (χ4v) is 2.05. The maximum absolute atomic E-state index is 13.3. The van der Waals surface area contributed by atoms with Crippen LogP contribution < -0.4 is 5.32 Å². The van der Waals surface area contributed by atoms with E-state index in [2.05, 4.69) is 5.32 Å². The Morgan fingerprint density at radius 2 is 1.89 bits per heavy atom. The summed E-state index contributed by atoms with van der Waals surface area (Å²) in [7, 11) is 0. The summed E-state index contributed by atoms with van der Waals surface area (Å²) in [5.74, 6) is -10.0. The highest BCUT2D eigenvalue weighted by Crippen LogP contribution is 2.60. The quantitative estimate of drug-likeness (QED) is 0.812. The molecule has 18 heavy (non-hydrogen) atoms. The van der Waals surface area contributed by atoms with Gasteiger partial charge in [0.15, 0.2) is 0 Å². The zero-order valence-electron chi connectivity index (χ0n) is 9.51. The Morgan fingerprint density at radius 3 is 2.39 bits per heavy atom. The van der Waals surface area contributed by atoms with Gasteiger partial charge in [0.05, 0.1) is 5.92 Å². The van der Waals surface area contributed by atoms with Crippen LogP contribution in [0.1, 0.15) is 24.8 Å². The van der Waals surface area contributed by atoms with Crippen molar-refractivity contribution in [2.45, 2.75) is 31.1 Å². The average Bonchev–Trinajstić information content (AvgIpc) is 2.26. The zero-order valence-corrected chi connectivity index (χ0v) is 9.51. The Bertz CT molecular complexity index is 487. The number of halogens is 4. The van der Waals surface area contributed by atoms with Gasteiger partial charge in [0.2, 0.25) is 5.91 Å². The highest BCUT2D eigenvalue weighted by molar-refractivity contribution is 5.89. The lowest BCUT2D eigenvalue weighted by Gasteiger charge is -2.44. The topological polar surface area (TPSA) is 29.1 Å². The van der Waals surface area contributed by atoms with Crippen LogP contribution in [0.15, 0.2) is 24.3 Å². The van der Waals surface area contributed by atoms with Crippen LogP contribution in [0, 0.1) is 0 Å². The van der Waals surface area contributed by atoms with Gasteiger partial charge >= 0.3 is 11.8 Å². The van der Waals surface area contributed by atoms with Gasteiger partial charge in [-0.3, -0.25) is 4.79 Å². The minimum absolute atomic E-state index is 0.0450. The third kappa shape index (κ3) is 1.85. The second-order valence-corrected chi connectivity index (χ2v) is 4.35. The summed E-state index contributed by atoms with van der Waals surface area (Å²) >= 11 is 0. The van der Waals surface area contributed by atoms with Crippen molar-refractivity contribution >= 4 is 11.6 Å². The molecule has 1 amide bonds. The Morgan fingerprint density at radius 1 is 1.28 bits per heavy atom. The minimum atomic E-state index is -4.07. The molecule has 1 saturated carbocycles. The van der Waals surface area contributed by atoms with E-state index in [-0.39, 0.29) is 11.3 Å². The van der Waals surface area contributed by atoms with Crippen LogP contribution in [0.25, 0.3) is 0 Å². The first kappa shape index (κ1) is 12.9. The first-order valence-corrected chi connectivity index (χ1v) is 5.38. The SMILES string of the molecule is CC(=O)Nc1ccccc1C1CC(F)(F)C1(F)F. The van der Waals surface area contributed by atoms with Crippen LogP contribution in [0.3, 0.4) is 0 Å². The van der Waals surface area contributed by atoms with Crippen LogP contribution in [-0.4, -0.2) is 17.8 Å². The number of nitrogens with one attached hydrogen (secondary N) is 1. The fraction of sp³-hybridized carbons (Fsp3) is 0.417. The van der Waals surface area contributed by atoms with Gasteiger partial charge in [-0.05, 0) is 11.6 Å². The van der Waals surface area contributed by atoms with Gasteiger partial charge in [-0.15, -0.1) is 0 Å². The number of benzene rings is 1. The van der Waals surface area contributed by atoms with Crippen molar-refractivity contribution in [3.05, 3.63) is 29.8 Å². The minimum Gasteiger partial charge on any atom is -0.326 e. The molecule has 1 N–H and O–H groups in total. The maximum Gasteiger partial charge on any atom is 0.317 e. The lowest BCUT2D eigenvalue weighted by molar-refractivity contribution is -0.290. The van der Waals surface area contributed by atoms with Gasteiger partial charge in [-0.2, -0.15) is 17.6 Å². The molecule has 98 valence electrons. The first-order valence-electron chi connectivity index (χ1n) is 5.38. The summed E-state index contributed by atoms with van der Waals surface area (Å²) in [6, 6.07) is 5.78. The smallest absolute Gasteiger partial charge is 0.317 e. The predicted molar refractivity (Wildman–Crippen MR) is 58.0 cm³/mol. The molecule has 0 radical (unpaired) electrons. The lowest BCUT2D eigenvalue weighted by Crippen LogP contribution is -2.57. The van der Waals surface area contributed by atoms with E-state index in [9.17, 15) is 22.4 Å². The third-order valence-corrected chi connectivity index (χ3v) is 3.03. The summed E-state index contributed by atoms with van der Waals surface area (Å²) in [6.07, 6.45) is -0.906. The largest absolute Gasteiger partial charge is 0.326 e. The van der Waals surface area contributed by atoms with Gasteiger partial charge in [0.25, 0.3) is 0 Å². The molecule has 1 aliphatic carbocycles. The summed E-state index contributed by atoms with van der Waals surface area (Å²) < 4.78 is 52.3. The van der Waals surface area contributed by atoms with E-state index in [4.69, 9.17) is 0 Å². The fourth-order valence-electron chi connectivity index (χ4n) is 2.05. The van der Waals surface area contributed by atoms with E-state index >= 15 is 0 Å². The average molecular weight is 261 g/mol. The summed E-state index contributed by atoms with van der Waals surface area (Å²) in [6.45, 7) is 1.23. The number of rotatable bonds is 2. The van der Waals surface area contributed by atoms with Crippen LogP contribution in [-0.2, 0) is 4.79 Å². The number of hydrogen-bond donors (Lipinski definition) is 1. The molecule has 0 bridgehead atoms. The second-order valence-electron chi connectivity index (χ2n) is 4.35. The van der Waals surface area contributed by atoms with Crippen molar-refractivity contribution in [1.29, 1.82) is 0 Å².